The molecule has 0 aliphatic rings. The fourth-order valence-corrected chi connectivity index (χ4v) is 3.72. The largest absolute Gasteiger partial charge is 0.325 e. The summed E-state index contributed by atoms with van der Waals surface area (Å²) in [5, 5.41) is 3.53. The van der Waals surface area contributed by atoms with E-state index >= 15 is 0 Å². The number of hydrogen-bond acceptors (Lipinski definition) is 3. The molecule has 0 bridgehead atoms. The van der Waals surface area contributed by atoms with Crippen molar-refractivity contribution in [2.24, 2.45) is 0 Å². The Bertz CT molecular complexity index is 1070. The van der Waals surface area contributed by atoms with E-state index in [1.165, 1.54) is 0 Å². The quantitative estimate of drug-likeness (QED) is 0.303. The average Bonchev–Trinajstić information content (AvgIpc) is 2.77. The number of anilines is 1. The molecule has 0 fully saturated rings. The van der Waals surface area contributed by atoms with E-state index in [1.807, 2.05) is 12.1 Å². The Kier molecular flexibility index (Phi) is 7.99. The lowest BCUT2D eigenvalue weighted by atomic mass is 9.85. The van der Waals surface area contributed by atoms with E-state index in [-0.39, 0.29) is 30.3 Å². The van der Waals surface area contributed by atoms with Gasteiger partial charge in [0, 0.05) is 23.4 Å². The van der Waals surface area contributed by atoms with Gasteiger partial charge in [0.15, 0.2) is 5.78 Å². The van der Waals surface area contributed by atoms with Gasteiger partial charge in [-0.2, -0.15) is 0 Å². The number of Topliss-reactive ketones (excluding diaryl/α,β-unsaturated/α-hetero) is 2. The summed E-state index contributed by atoms with van der Waals surface area (Å²) in [5.74, 6) is -1.60. The molecule has 0 saturated heterocycles. The van der Waals surface area contributed by atoms with Crippen LogP contribution in [0.1, 0.15) is 41.1 Å². The van der Waals surface area contributed by atoms with Crippen LogP contribution in [0.2, 0.25) is 10.0 Å². The Morgan fingerprint density at radius 2 is 1.45 bits per heavy atom. The van der Waals surface area contributed by atoms with E-state index in [4.69, 9.17) is 23.2 Å². The summed E-state index contributed by atoms with van der Waals surface area (Å²) in [5.41, 5.74) is 1.60. The number of rotatable bonds is 9. The standard InChI is InChI=1S/C25H21Cl2NO3/c26-19-14-15-21(20(27)16-19)28-23(30)13-7-12-22(29)24(17-8-3-1-4-9-17)25(31)18-10-5-2-6-11-18/h1-6,8-11,14-16,24H,7,12-13H2,(H,28,30)/t24-/m1/s1. The smallest absolute Gasteiger partial charge is 0.224 e. The average molecular weight is 454 g/mol. The third-order valence-electron chi connectivity index (χ3n) is 4.81. The second-order valence-electron chi connectivity index (χ2n) is 7.07. The number of hydrogen-bond donors (Lipinski definition) is 1. The summed E-state index contributed by atoms with van der Waals surface area (Å²) in [6.07, 6.45) is 0.562. The highest BCUT2D eigenvalue weighted by atomic mass is 35.5. The van der Waals surface area contributed by atoms with Crippen molar-refractivity contribution in [3.8, 4) is 0 Å². The molecule has 0 spiro atoms. The zero-order chi connectivity index (χ0) is 22.2. The molecular formula is C25H21Cl2NO3. The zero-order valence-electron chi connectivity index (χ0n) is 16.7. The maximum atomic E-state index is 13.1. The van der Waals surface area contributed by atoms with E-state index in [1.54, 1.807) is 66.7 Å². The van der Waals surface area contributed by atoms with E-state index in [9.17, 15) is 14.4 Å². The van der Waals surface area contributed by atoms with Crippen LogP contribution < -0.4 is 5.32 Å². The molecule has 0 unspecified atom stereocenters. The van der Waals surface area contributed by atoms with Crippen LogP contribution >= 0.6 is 23.2 Å². The maximum Gasteiger partial charge on any atom is 0.224 e. The summed E-state index contributed by atoms with van der Waals surface area (Å²) in [6.45, 7) is 0. The van der Waals surface area contributed by atoms with Crippen molar-refractivity contribution in [2.45, 2.75) is 25.2 Å². The first-order valence-corrected chi connectivity index (χ1v) is 10.6. The van der Waals surface area contributed by atoms with Crippen LogP contribution in [0.25, 0.3) is 0 Å². The number of nitrogens with one attached hydrogen (secondary N) is 1. The zero-order valence-corrected chi connectivity index (χ0v) is 18.2. The molecular weight excluding hydrogens is 433 g/mol. The highest BCUT2D eigenvalue weighted by Gasteiger charge is 2.28. The van der Waals surface area contributed by atoms with E-state index in [2.05, 4.69) is 5.32 Å². The third kappa shape index (κ3) is 6.27. The third-order valence-corrected chi connectivity index (χ3v) is 5.36. The molecule has 3 aromatic rings. The molecule has 0 radical (unpaired) electrons. The SMILES string of the molecule is O=C(CCCC(=O)[C@H](C(=O)c1ccccc1)c1ccccc1)Nc1ccc(Cl)cc1Cl. The molecule has 0 aliphatic heterocycles. The lowest BCUT2D eigenvalue weighted by molar-refractivity contribution is -0.119. The van der Waals surface area contributed by atoms with Crippen molar-refractivity contribution in [2.75, 3.05) is 5.32 Å². The van der Waals surface area contributed by atoms with Gasteiger partial charge in [-0.25, -0.2) is 0 Å². The highest BCUT2D eigenvalue weighted by molar-refractivity contribution is 6.36. The van der Waals surface area contributed by atoms with Gasteiger partial charge in [0.05, 0.1) is 10.7 Å². The first kappa shape index (κ1) is 22.7. The highest BCUT2D eigenvalue weighted by Crippen LogP contribution is 2.26. The first-order valence-electron chi connectivity index (χ1n) is 9.87. The number of carbonyl (C=O) groups excluding carboxylic acids is 3. The van der Waals surface area contributed by atoms with Gasteiger partial charge in [0.25, 0.3) is 0 Å². The second kappa shape index (κ2) is 10.9. The van der Waals surface area contributed by atoms with Crippen LogP contribution in [0, 0.1) is 0 Å². The van der Waals surface area contributed by atoms with E-state index in [0.29, 0.717) is 33.3 Å². The molecule has 4 nitrogen and oxygen atoms in total. The van der Waals surface area contributed by atoms with Crippen LogP contribution in [0.5, 0.6) is 0 Å². The summed E-state index contributed by atoms with van der Waals surface area (Å²) in [4.78, 5) is 38.3. The molecule has 0 aliphatic carbocycles. The Labute approximate surface area is 191 Å². The minimum Gasteiger partial charge on any atom is -0.325 e. The summed E-state index contributed by atoms with van der Waals surface area (Å²) < 4.78 is 0. The molecule has 1 N–H and O–H groups in total. The van der Waals surface area contributed by atoms with Gasteiger partial charge in [-0.05, 0) is 30.2 Å². The molecule has 3 aromatic carbocycles. The minimum atomic E-state index is -0.891. The molecule has 0 saturated carbocycles. The molecule has 1 atom stereocenters. The van der Waals surface area contributed by atoms with Crippen molar-refractivity contribution >= 4 is 46.4 Å². The first-order chi connectivity index (χ1) is 15.0. The predicted octanol–water partition coefficient (Wildman–Crippen LogP) is 6.34. The minimum absolute atomic E-state index is 0.111. The topological polar surface area (TPSA) is 63.2 Å². The molecule has 158 valence electrons. The Morgan fingerprint density at radius 3 is 2.10 bits per heavy atom. The number of benzene rings is 3. The van der Waals surface area contributed by atoms with Gasteiger partial charge in [-0.1, -0.05) is 83.9 Å². The lowest BCUT2D eigenvalue weighted by Crippen LogP contribution is -2.23. The van der Waals surface area contributed by atoms with Gasteiger partial charge in [0.1, 0.15) is 11.7 Å². The fourth-order valence-electron chi connectivity index (χ4n) is 3.27. The van der Waals surface area contributed by atoms with Gasteiger partial charge in [-0.3, -0.25) is 14.4 Å². The molecule has 31 heavy (non-hydrogen) atoms. The van der Waals surface area contributed by atoms with Gasteiger partial charge in [0.2, 0.25) is 5.91 Å². The monoisotopic (exact) mass is 453 g/mol. The van der Waals surface area contributed by atoms with Crippen LogP contribution in [0.15, 0.2) is 78.9 Å². The van der Waals surface area contributed by atoms with Crippen LogP contribution in [-0.4, -0.2) is 17.5 Å². The number of ketones is 2. The second-order valence-corrected chi connectivity index (χ2v) is 7.91. The van der Waals surface area contributed by atoms with E-state index in [0.717, 1.165) is 0 Å². The molecule has 1 amide bonds. The van der Waals surface area contributed by atoms with Gasteiger partial charge >= 0.3 is 0 Å². The fraction of sp³-hybridized carbons (Fsp3) is 0.160. The number of carbonyl (C=O) groups is 3. The number of amides is 1. The summed E-state index contributed by atoms with van der Waals surface area (Å²) in [6, 6.07) is 22.6. The van der Waals surface area contributed by atoms with Crippen LogP contribution in [0.3, 0.4) is 0 Å². The normalized spacial score (nSPS) is 11.5. The van der Waals surface area contributed by atoms with E-state index < -0.39 is 5.92 Å². The van der Waals surface area contributed by atoms with Gasteiger partial charge in [-0.15, -0.1) is 0 Å². The van der Waals surface area contributed by atoms with Crippen LogP contribution in [0.4, 0.5) is 5.69 Å². The van der Waals surface area contributed by atoms with Crippen LogP contribution in [-0.2, 0) is 9.59 Å². The Morgan fingerprint density at radius 1 is 0.806 bits per heavy atom. The lowest BCUT2D eigenvalue weighted by Gasteiger charge is -2.15. The molecule has 3 rings (SSSR count). The molecule has 6 heteroatoms. The van der Waals surface area contributed by atoms with Crippen molar-refractivity contribution in [3.05, 3.63) is 100 Å². The predicted molar refractivity (Wildman–Crippen MR) is 124 cm³/mol. The Balaban J connectivity index is 1.64. The van der Waals surface area contributed by atoms with Crippen molar-refractivity contribution in [3.63, 3.8) is 0 Å². The van der Waals surface area contributed by atoms with Crippen molar-refractivity contribution in [1.82, 2.24) is 0 Å². The maximum absolute atomic E-state index is 13.1. The molecule has 0 heterocycles. The summed E-state index contributed by atoms with van der Waals surface area (Å²) >= 11 is 11.9. The number of halogens is 2. The van der Waals surface area contributed by atoms with Crippen molar-refractivity contribution < 1.29 is 14.4 Å². The van der Waals surface area contributed by atoms with Crippen molar-refractivity contribution in [1.29, 1.82) is 0 Å². The molecule has 0 aromatic heterocycles. The Hall–Kier alpha value is -2.95. The summed E-state index contributed by atoms with van der Waals surface area (Å²) in [7, 11) is 0. The van der Waals surface area contributed by atoms with Gasteiger partial charge < -0.3 is 5.32 Å².